The van der Waals surface area contributed by atoms with E-state index in [0.717, 1.165) is 51.3 Å². The molecular formula is C17H28ClFN4O. The Bertz CT molecular complexity index is 492. The van der Waals surface area contributed by atoms with Crippen LogP contribution in [0.5, 0.6) is 0 Å². The van der Waals surface area contributed by atoms with E-state index in [4.69, 9.17) is 5.73 Å². The third kappa shape index (κ3) is 6.26. The number of nitrogens with zero attached hydrogens (tertiary/aromatic N) is 2. The molecule has 1 fully saturated rings. The van der Waals surface area contributed by atoms with Crippen molar-refractivity contribution in [2.75, 3.05) is 44.2 Å². The van der Waals surface area contributed by atoms with Crippen molar-refractivity contribution in [1.82, 2.24) is 10.2 Å². The summed E-state index contributed by atoms with van der Waals surface area (Å²) in [5.41, 5.74) is 6.84. The molecule has 1 aliphatic heterocycles. The van der Waals surface area contributed by atoms with E-state index in [1.807, 2.05) is 19.1 Å². The van der Waals surface area contributed by atoms with Crippen molar-refractivity contribution < 1.29 is 9.18 Å². The SMILES string of the molecule is CCCC(N)C(=O)NCCN1CCN(c2ccc(F)cc2)CC1.Cl. The topological polar surface area (TPSA) is 61.6 Å². The summed E-state index contributed by atoms with van der Waals surface area (Å²) in [4.78, 5) is 16.3. The van der Waals surface area contributed by atoms with Crippen molar-refractivity contribution in [3.05, 3.63) is 30.1 Å². The van der Waals surface area contributed by atoms with Gasteiger partial charge in [-0.3, -0.25) is 9.69 Å². The molecule has 5 nitrogen and oxygen atoms in total. The quantitative estimate of drug-likeness (QED) is 0.777. The molecule has 2 rings (SSSR count). The first kappa shape index (κ1) is 20.7. The molecule has 7 heteroatoms. The van der Waals surface area contributed by atoms with Gasteiger partial charge in [0, 0.05) is 45.0 Å². The van der Waals surface area contributed by atoms with Crippen LogP contribution < -0.4 is 16.0 Å². The third-order valence-electron chi connectivity index (χ3n) is 4.23. The van der Waals surface area contributed by atoms with E-state index in [1.54, 1.807) is 0 Å². The molecule has 24 heavy (non-hydrogen) atoms. The number of carbonyl (C=O) groups is 1. The molecule has 0 saturated carbocycles. The molecule has 0 aliphatic carbocycles. The summed E-state index contributed by atoms with van der Waals surface area (Å²) >= 11 is 0. The minimum atomic E-state index is -0.393. The van der Waals surface area contributed by atoms with Gasteiger partial charge in [-0.05, 0) is 30.7 Å². The van der Waals surface area contributed by atoms with Crippen LogP contribution in [0.2, 0.25) is 0 Å². The van der Waals surface area contributed by atoms with Crippen LogP contribution in [0.1, 0.15) is 19.8 Å². The highest BCUT2D eigenvalue weighted by atomic mass is 35.5. The third-order valence-corrected chi connectivity index (χ3v) is 4.23. The number of halogens is 2. The molecule has 0 radical (unpaired) electrons. The lowest BCUT2D eigenvalue weighted by molar-refractivity contribution is -0.122. The van der Waals surface area contributed by atoms with E-state index in [9.17, 15) is 9.18 Å². The van der Waals surface area contributed by atoms with E-state index in [0.29, 0.717) is 6.54 Å². The van der Waals surface area contributed by atoms with E-state index in [2.05, 4.69) is 15.1 Å². The van der Waals surface area contributed by atoms with Gasteiger partial charge >= 0.3 is 0 Å². The fourth-order valence-corrected chi connectivity index (χ4v) is 2.79. The average Bonchev–Trinajstić information content (AvgIpc) is 2.56. The lowest BCUT2D eigenvalue weighted by Gasteiger charge is -2.36. The molecule has 0 bridgehead atoms. The number of hydrogen-bond donors (Lipinski definition) is 2. The Balaban J connectivity index is 0.00000288. The molecule has 1 aromatic rings. The van der Waals surface area contributed by atoms with Crippen molar-refractivity contribution in [3.63, 3.8) is 0 Å². The highest BCUT2D eigenvalue weighted by molar-refractivity contribution is 5.85. The number of nitrogens with one attached hydrogen (secondary N) is 1. The number of benzene rings is 1. The van der Waals surface area contributed by atoms with Crippen LogP contribution in [-0.4, -0.2) is 56.1 Å². The minimum Gasteiger partial charge on any atom is -0.369 e. The number of rotatable bonds is 7. The maximum absolute atomic E-state index is 13.0. The lowest BCUT2D eigenvalue weighted by Crippen LogP contribution is -2.49. The number of anilines is 1. The zero-order chi connectivity index (χ0) is 16.7. The average molecular weight is 359 g/mol. The molecule has 1 aromatic carbocycles. The van der Waals surface area contributed by atoms with Gasteiger partial charge in [-0.2, -0.15) is 0 Å². The molecule has 1 unspecified atom stereocenters. The first-order chi connectivity index (χ1) is 11.1. The Kier molecular flexibility index (Phi) is 9.03. The van der Waals surface area contributed by atoms with Crippen LogP contribution >= 0.6 is 12.4 Å². The van der Waals surface area contributed by atoms with Crippen LogP contribution in [-0.2, 0) is 4.79 Å². The summed E-state index contributed by atoms with van der Waals surface area (Å²) in [6.45, 7) is 7.19. The summed E-state index contributed by atoms with van der Waals surface area (Å²) < 4.78 is 13.0. The highest BCUT2D eigenvalue weighted by Gasteiger charge is 2.17. The molecular weight excluding hydrogens is 331 g/mol. The zero-order valence-electron chi connectivity index (χ0n) is 14.2. The second kappa shape index (κ2) is 10.5. The maximum Gasteiger partial charge on any atom is 0.236 e. The van der Waals surface area contributed by atoms with Crippen molar-refractivity contribution in [2.24, 2.45) is 5.73 Å². The number of nitrogens with two attached hydrogens (primary N) is 1. The molecule has 136 valence electrons. The van der Waals surface area contributed by atoms with Crippen LogP contribution in [0.4, 0.5) is 10.1 Å². The van der Waals surface area contributed by atoms with E-state index in [-0.39, 0.29) is 24.1 Å². The van der Waals surface area contributed by atoms with E-state index < -0.39 is 6.04 Å². The molecule has 0 spiro atoms. The minimum absolute atomic E-state index is 0. The first-order valence-electron chi connectivity index (χ1n) is 8.36. The Morgan fingerprint density at radius 2 is 1.88 bits per heavy atom. The summed E-state index contributed by atoms with van der Waals surface area (Å²) in [5, 5.41) is 2.90. The van der Waals surface area contributed by atoms with Gasteiger partial charge < -0.3 is 16.0 Å². The van der Waals surface area contributed by atoms with Gasteiger partial charge in [0.05, 0.1) is 6.04 Å². The number of piperazine rings is 1. The van der Waals surface area contributed by atoms with E-state index >= 15 is 0 Å². The fraction of sp³-hybridized carbons (Fsp3) is 0.588. The van der Waals surface area contributed by atoms with Crippen molar-refractivity contribution >= 4 is 24.0 Å². The molecule has 0 aromatic heterocycles. The summed E-state index contributed by atoms with van der Waals surface area (Å²) in [5.74, 6) is -0.263. The van der Waals surface area contributed by atoms with Crippen LogP contribution in [0, 0.1) is 5.82 Å². The number of carbonyl (C=O) groups excluding carboxylic acids is 1. The molecule has 1 atom stereocenters. The normalized spacial score (nSPS) is 16.4. The maximum atomic E-state index is 13.0. The smallest absolute Gasteiger partial charge is 0.236 e. The van der Waals surface area contributed by atoms with Gasteiger partial charge in [0.1, 0.15) is 5.82 Å². The first-order valence-corrected chi connectivity index (χ1v) is 8.36. The van der Waals surface area contributed by atoms with Crippen molar-refractivity contribution in [3.8, 4) is 0 Å². The van der Waals surface area contributed by atoms with Crippen LogP contribution in [0.15, 0.2) is 24.3 Å². The summed E-state index contributed by atoms with van der Waals surface area (Å²) in [7, 11) is 0. The van der Waals surface area contributed by atoms with E-state index in [1.165, 1.54) is 12.1 Å². The highest BCUT2D eigenvalue weighted by Crippen LogP contribution is 2.16. The van der Waals surface area contributed by atoms with Gasteiger partial charge in [-0.1, -0.05) is 13.3 Å². The van der Waals surface area contributed by atoms with Crippen LogP contribution in [0.3, 0.4) is 0 Å². The Morgan fingerprint density at radius 1 is 1.25 bits per heavy atom. The Hall–Kier alpha value is -1.37. The predicted molar refractivity (Wildman–Crippen MR) is 98.2 cm³/mol. The van der Waals surface area contributed by atoms with Crippen molar-refractivity contribution in [2.45, 2.75) is 25.8 Å². The second-order valence-corrected chi connectivity index (χ2v) is 5.99. The van der Waals surface area contributed by atoms with Gasteiger partial charge in [-0.25, -0.2) is 4.39 Å². The zero-order valence-corrected chi connectivity index (χ0v) is 15.0. The largest absolute Gasteiger partial charge is 0.369 e. The molecule has 1 saturated heterocycles. The van der Waals surface area contributed by atoms with Gasteiger partial charge in [-0.15, -0.1) is 12.4 Å². The molecule has 1 heterocycles. The van der Waals surface area contributed by atoms with Gasteiger partial charge in [0.2, 0.25) is 5.91 Å². The van der Waals surface area contributed by atoms with Gasteiger partial charge in [0.25, 0.3) is 0 Å². The fourth-order valence-electron chi connectivity index (χ4n) is 2.79. The summed E-state index contributed by atoms with van der Waals surface area (Å²) in [6.07, 6.45) is 1.64. The number of amides is 1. The monoisotopic (exact) mass is 358 g/mol. The molecule has 3 N–H and O–H groups in total. The Morgan fingerprint density at radius 3 is 2.46 bits per heavy atom. The number of hydrogen-bond acceptors (Lipinski definition) is 4. The van der Waals surface area contributed by atoms with Gasteiger partial charge in [0.15, 0.2) is 0 Å². The van der Waals surface area contributed by atoms with Crippen molar-refractivity contribution in [1.29, 1.82) is 0 Å². The lowest BCUT2D eigenvalue weighted by atomic mass is 10.2. The Labute approximate surface area is 149 Å². The standard InChI is InChI=1S/C17H27FN4O.ClH/c1-2-3-16(19)17(23)20-8-9-21-10-12-22(13-11-21)15-6-4-14(18)5-7-15;/h4-7,16H,2-3,8-13,19H2,1H3,(H,20,23);1H. The predicted octanol–water partition coefficient (Wildman–Crippen LogP) is 1.61. The molecule has 1 amide bonds. The summed E-state index contributed by atoms with van der Waals surface area (Å²) in [6, 6.07) is 6.24. The second-order valence-electron chi connectivity index (χ2n) is 5.99. The molecule has 1 aliphatic rings. The van der Waals surface area contributed by atoms with Crippen LogP contribution in [0.25, 0.3) is 0 Å².